The first-order valence-electron chi connectivity index (χ1n) is 6.20. The van der Waals surface area contributed by atoms with E-state index in [4.69, 9.17) is 21.4 Å². The van der Waals surface area contributed by atoms with Gasteiger partial charge in [0.1, 0.15) is 5.75 Å². The van der Waals surface area contributed by atoms with Crippen molar-refractivity contribution in [3.8, 4) is 5.75 Å². The van der Waals surface area contributed by atoms with E-state index in [0.717, 1.165) is 12.8 Å². The maximum Gasteiger partial charge on any atom is 0.335 e. The first kappa shape index (κ1) is 14.8. The van der Waals surface area contributed by atoms with Crippen molar-refractivity contribution in [2.75, 3.05) is 6.61 Å². The minimum absolute atomic E-state index is 0.173. The van der Waals surface area contributed by atoms with Crippen LogP contribution in [0.4, 0.5) is 0 Å². The molecule has 0 bridgehead atoms. The van der Waals surface area contributed by atoms with Gasteiger partial charge in [-0.25, -0.2) is 4.79 Å². The van der Waals surface area contributed by atoms with E-state index in [1.807, 2.05) is 0 Å². The molecule has 3 nitrogen and oxygen atoms in total. The van der Waals surface area contributed by atoms with Crippen LogP contribution in [0.5, 0.6) is 5.75 Å². The van der Waals surface area contributed by atoms with Crippen molar-refractivity contribution >= 4 is 17.6 Å². The van der Waals surface area contributed by atoms with Gasteiger partial charge in [0, 0.05) is 0 Å². The number of hydrogen-bond donors (Lipinski definition) is 1. The molecule has 0 saturated carbocycles. The monoisotopic (exact) mass is 270 g/mol. The highest BCUT2D eigenvalue weighted by Gasteiger charge is 2.08. The molecule has 0 radical (unpaired) electrons. The second-order valence-corrected chi connectivity index (χ2v) is 4.86. The van der Waals surface area contributed by atoms with E-state index in [9.17, 15) is 4.79 Å². The number of aromatic carboxylic acids is 1. The molecule has 0 unspecified atom stereocenters. The minimum Gasteiger partial charge on any atom is -0.492 e. The Morgan fingerprint density at radius 3 is 2.78 bits per heavy atom. The molecule has 1 N–H and O–H groups in total. The van der Waals surface area contributed by atoms with Gasteiger partial charge >= 0.3 is 5.97 Å². The zero-order chi connectivity index (χ0) is 13.5. The fourth-order valence-corrected chi connectivity index (χ4v) is 1.80. The van der Waals surface area contributed by atoms with E-state index in [-0.39, 0.29) is 5.56 Å². The molecular formula is C14H19ClO3. The molecule has 100 valence electrons. The normalized spacial score (nSPS) is 12.2. The van der Waals surface area contributed by atoms with Crippen LogP contribution in [-0.4, -0.2) is 17.7 Å². The molecule has 0 fully saturated rings. The quantitative estimate of drug-likeness (QED) is 0.754. The van der Waals surface area contributed by atoms with Gasteiger partial charge in [0.05, 0.1) is 17.2 Å². The second-order valence-electron chi connectivity index (χ2n) is 4.45. The van der Waals surface area contributed by atoms with Crippen molar-refractivity contribution in [1.29, 1.82) is 0 Å². The summed E-state index contributed by atoms with van der Waals surface area (Å²) < 4.78 is 5.54. The third kappa shape index (κ3) is 4.57. The van der Waals surface area contributed by atoms with Crippen molar-refractivity contribution in [3.63, 3.8) is 0 Å². The van der Waals surface area contributed by atoms with Gasteiger partial charge in [0.2, 0.25) is 0 Å². The van der Waals surface area contributed by atoms with Gasteiger partial charge < -0.3 is 9.84 Å². The number of hydrogen-bond acceptors (Lipinski definition) is 2. The number of carboxylic acid groups (broad SMARTS) is 1. The average molecular weight is 271 g/mol. The number of carbonyl (C=O) groups is 1. The summed E-state index contributed by atoms with van der Waals surface area (Å²) in [7, 11) is 0. The summed E-state index contributed by atoms with van der Waals surface area (Å²) in [6, 6.07) is 4.52. The molecule has 0 amide bonds. The highest BCUT2D eigenvalue weighted by molar-refractivity contribution is 6.32. The van der Waals surface area contributed by atoms with Crippen molar-refractivity contribution in [3.05, 3.63) is 28.8 Å². The first-order valence-corrected chi connectivity index (χ1v) is 6.58. The van der Waals surface area contributed by atoms with Crippen LogP contribution in [0.3, 0.4) is 0 Å². The highest BCUT2D eigenvalue weighted by atomic mass is 35.5. The van der Waals surface area contributed by atoms with Crippen LogP contribution >= 0.6 is 11.6 Å². The van der Waals surface area contributed by atoms with E-state index in [1.165, 1.54) is 18.6 Å². The van der Waals surface area contributed by atoms with Crippen LogP contribution in [-0.2, 0) is 0 Å². The van der Waals surface area contributed by atoms with Crippen LogP contribution in [0, 0.1) is 5.92 Å². The van der Waals surface area contributed by atoms with Crippen molar-refractivity contribution in [2.24, 2.45) is 5.92 Å². The predicted molar refractivity (Wildman–Crippen MR) is 72.6 cm³/mol. The molecule has 1 aromatic carbocycles. The minimum atomic E-state index is -0.986. The zero-order valence-corrected chi connectivity index (χ0v) is 11.5. The maximum absolute atomic E-state index is 10.7. The molecule has 0 aliphatic heterocycles. The Morgan fingerprint density at radius 1 is 1.50 bits per heavy atom. The molecule has 0 aromatic heterocycles. The molecule has 0 aliphatic carbocycles. The maximum atomic E-state index is 10.7. The lowest BCUT2D eigenvalue weighted by molar-refractivity contribution is 0.0697. The van der Waals surface area contributed by atoms with Gasteiger partial charge in [-0.05, 0) is 37.0 Å². The predicted octanol–water partition coefficient (Wildman–Crippen LogP) is 4.24. The van der Waals surface area contributed by atoms with Gasteiger partial charge in [-0.15, -0.1) is 0 Å². The molecule has 18 heavy (non-hydrogen) atoms. The van der Waals surface area contributed by atoms with Crippen LogP contribution in [0.2, 0.25) is 5.02 Å². The van der Waals surface area contributed by atoms with Gasteiger partial charge in [-0.3, -0.25) is 0 Å². The summed E-state index contributed by atoms with van der Waals surface area (Å²) in [6.45, 7) is 5.00. The lowest BCUT2D eigenvalue weighted by atomic mass is 10.0. The molecule has 0 saturated heterocycles. The number of ether oxygens (including phenoxy) is 1. The van der Waals surface area contributed by atoms with E-state index in [2.05, 4.69) is 13.8 Å². The van der Waals surface area contributed by atoms with E-state index >= 15 is 0 Å². The van der Waals surface area contributed by atoms with Crippen LogP contribution in [0.15, 0.2) is 18.2 Å². The number of halogens is 1. The fraction of sp³-hybridized carbons (Fsp3) is 0.500. The van der Waals surface area contributed by atoms with Gasteiger partial charge in [0.15, 0.2) is 0 Å². The Kier molecular flexibility index (Phi) is 5.99. The van der Waals surface area contributed by atoms with E-state index in [1.54, 1.807) is 6.07 Å². The van der Waals surface area contributed by atoms with Crippen molar-refractivity contribution in [1.82, 2.24) is 0 Å². The Bertz CT molecular complexity index is 404. The van der Waals surface area contributed by atoms with Gasteiger partial charge in [-0.1, -0.05) is 31.9 Å². The lowest BCUT2D eigenvalue weighted by Gasteiger charge is -2.10. The standard InChI is InChI=1S/C14H19ClO3/c1-3-10(2)5-4-8-18-13-7-6-11(14(16)17)9-12(13)15/h6-7,9-10H,3-5,8H2,1-2H3,(H,16,17)/t10-/m0/s1. The summed E-state index contributed by atoms with van der Waals surface area (Å²) in [5.41, 5.74) is 0.173. The first-order chi connectivity index (χ1) is 8.54. The number of benzene rings is 1. The summed E-state index contributed by atoms with van der Waals surface area (Å²) >= 11 is 5.95. The third-order valence-corrected chi connectivity index (χ3v) is 3.27. The number of rotatable bonds is 7. The average Bonchev–Trinajstić information content (AvgIpc) is 2.35. The molecule has 0 heterocycles. The van der Waals surface area contributed by atoms with Crippen LogP contribution in [0.1, 0.15) is 43.5 Å². The molecule has 1 aromatic rings. The Morgan fingerprint density at radius 2 is 2.22 bits per heavy atom. The molecule has 0 spiro atoms. The molecule has 4 heteroatoms. The Balaban J connectivity index is 2.46. The second kappa shape index (κ2) is 7.27. The third-order valence-electron chi connectivity index (χ3n) is 2.97. The lowest BCUT2D eigenvalue weighted by Crippen LogP contribution is -2.02. The summed E-state index contributed by atoms with van der Waals surface area (Å²) in [5.74, 6) is 0.268. The Labute approximate surface area is 113 Å². The Hall–Kier alpha value is -1.22. The summed E-state index contributed by atoms with van der Waals surface area (Å²) in [4.78, 5) is 10.7. The summed E-state index contributed by atoms with van der Waals surface area (Å²) in [5, 5.41) is 9.15. The van der Waals surface area contributed by atoms with Gasteiger partial charge in [-0.2, -0.15) is 0 Å². The molecule has 0 aliphatic rings. The van der Waals surface area contributed by atoms with E-state index < -0.39 is 5.97 Å². The van der Waals surface area contributed by atoms with E-state index in [0.29, 0.717) is 23.3 Å². The number of carboxylic acids is 1. The van der Waals surface area contributed by atoms with Crippen LogP contribution in [0.25, 0.3) is 0 Å². The van der Waals surface area contributed by atoms with Crippen molar-refractivity contribution in [2.45, 2.75) is 33.1 Å². The molecule has 1 rings (SSSR count). The smallest absolute Gasteiger partial charge is 0.335 e. The van der Waals surface area contributed by atoms with Crippen LogP contribution < -0.4 is 4.74 Å². The van der Waals surface area contributed by atoms with Crippen molar-refractivity contribution < 1.29 is 14.6 Å². The topological polar surface area (TPSA) is 46.5 Å². The highest BCUT2D eigenvalue weighted by Crippen LogP contribution is 2.25. The zero-order valence-electron chi connectivity index (χ0n) is 10.8. The SMILES string of the molecule is CC[C@H](C)CCCOc1ccc(C(=O)O)cc1Cl. The fourth-order valence-electron chi connectivity index (χ4n) is 1.57. The summed E-state index contributed by atoms with van der Waals surface area (Å²) in [6.07, 6.45) is 3.28. The molecular weight excluding hydrogens is 252 g/mol. The largest absolute Gasteiger partial charge is 0.492 e. The molecule has 1 atom stereocenters. The van der Waals surface area contributed by atoms with Gasteiger partial charge in [0.25, 0.3) is 0 Å².